The van der Waals surface area contributed by atoms with Crippen molar-refractivity contribution >= 4 is 23.2 Å². The molecular weight excluding hydrogens is 385 g/mol. The summed E-state index contributed by atoms with van der Waals surface area (Å²) in [6.45, 7) is 0.0891. The average Bonchev–Trinajstić information content (AvgIpc) is 3.09. The lowest BCUT2D eigenvalue weighted by molar-refractivity contribution is -0.137. The minimum absolute atomic E-state index is 0.0341. The third-order valence-corrected chi connectivity index (χ3v) is 3.92. The van der Waals surface area contributed by atoms with E-state index in [2.05, 4.69) is 15.5 Å². The average molecular weight is 397 g/mol. The number of aromatic nitrogens is 2. The first-order chi connectivity index (χ1) is 12.7. The van der Waals surface area contributed by atoms with Crippen molar-refractivity contribution in [3.05, 3.63) is 64.5 Å². The summed E-state index contributed by atoms with van der Waals surface area (Å²) in [6, 6.07) is 9.23. The Kier molecular flexibility index (Phi) is 5.04. The van der Waals surface area contributed by atoms with Crippen LogP contribution in [0.5, 0.6) is 0 Å². The fourth-order valence-corrected chi connectivity index (χ4v) is 2.49. The molecule has 0 unspecified atom stereocenters. The number of hydrogen-bond acceptors (Lipinski definition) is 5. The van der Waals surface area contributed by atoms with E-state index in [0.29, 0.717) is 5.69 Å². The van der Waals surface area contributed by atoms with Gasteiger partial charge in [0.15, 0.2) is 0 Å². The fraction of sp³-hybridized carbons (Fsp3) is 0.118. The summed E-state index contributed by atoms with van der Waals surface area (Å²) >= 11 is 5.87. The Morgan fingerprint density at radius 3 is 2.70 bits per heavy atom. The van der Waals surface area contributed by atoms with Crippen LogP contribution >= 0.6 is 11.6 Å². The van der Waals surface area contributed by atoms with Crippen molar-refractivity contribution in [1.29, 1.82) is 0 Å². The summed E-state index contributed by atoms with van der Waals surface area (Å²) in [4.78, 5) is 15.4. The Hall–Kier alpha value is -3.07. The molecule has 0 aliphatic rings. The number of rotatable bonds is 5. The van der Waals surface area contributed by atoms with E-state index in [1.807, 2.05) is 0 Å². The zero-order valence-corrected chi connectivity index (χ0v) is 14.3. The van der Waals surface area contributed by atoms with Gasteiger partial charge in [-0.2, -0.15) is 18.2 Å². The minimum atomic E-state index is -4.46. The number of carbonyl (C=O) groups is 1. The summed E-state index contributed by atoms with van der Waals surface area (Å²) < 4.78 is 43.4. The quantitative estimate of drug-likeness (QED) is 0.676. The molecule has 0 aliphatic heterocycles. The van der Waals surface area contributed by atoms with Crippen LogP contribution in [0.25, 0.3) is 11.4 Å². The van der Waals surface area contributed by atoms with Crippen LogP contribution in [0.4, 0.5) is 18.9 Å². The Bertz CT molecular complexity index is 988. The third-order valence-electron chi connectivity index (χ3n) is 3.59. The molecule has 0 spiro atoms. The van der Waals surface area contributed by atoms with E-state index >= 15 is 0 Å². The van der Waals surface area contributed by atoms with Crippen molar-refractivity contribution in [3.8, 4) is 11.4 Å². The van der Waals surface area contributed by atoms with E-state index in [-0.39, 0.29) is 34.4 Å². The molecule has 0 fully saturated rings. The number of nitrogens with zero attached hydrogens (tertiary/aromatic N) is 2. The second-order valence-electron chi connectivity index (χ2n) is 5.50. The first-order valence-electron chi connectivity index (χ1n) is 7.57. The van der Waals surface area contributed by atoms with Crippen LogP contribution in [0.1, 0.15) is 21.8 Å². The highest BCUT2D eigenvalue weighted by atomic mass is 35.5. The van der Waals surface area contributed by atoms with Crippen LogP contribution in [0.15, 0.2) is 47.0 Å². The molecule has 3 rings (SSSR count). The molecule has 0 saturated heterocycles. The van der Waals surface area contributed by atoms with Crippen molar-refractivity contribution < 1.29 is 22.5 Å². The molecule has 10 heteroatoms. The second kappa shape index (κ2) is 7.28. The lowest BCUT2D eigenvalue weighted by Gasteiger charge is -2.06. The van der Waals surface area contributed by atoms with Crippen molar-refractivity contribution in [2.24, 2.45) is 5.73 Å². The summed E-state index contributed by atoms with van der Waals surface area (Å²) in [5.41, 5.74) is 5.29. The number of hydrogen-bond donors (Lipinski definition) is 2. The summed E-state index contributed by atoms with van der Waals surface area (Å²) in [5, 5.41) is 6.85. The van der Waals surface area contributed by atoms with Crippen LogP contribution in [0.2, 0.25) is 5.02 Å². The Balaban J connectivity index is 1.74. The van der Waals surface area contributed by atoms with Gasteiger partial charge in [0.2, 0.25) is 17.6 Å². The zero-order valence-electron chi connectivity index (χ0n) is 13.5. The van der Waals surface area contributed by atoms with Gasteiger partial charge in [-0.15, -0.1) is 0 Å². The van der Waals surface area contributed by atoms with Gasteiger partial charge in [-0.1, -0.05) is 28.9 Å². The number of nitrogens with two attached hydrogens (primary N) is 1. The van der Waals surface area contributed by atoms with Crippen molar-refractivity contribution in [3.63, 3.8) is 0 Å². The minimum Gasteiger partial charge on any atom is -0.376 e. The van der Waals surface area contributed by atoms with Crippen molar-refractivity contribution in [2.45, 2.75) is 12.7 Å². The molecule has 2 aromatic carbocycles. The molecule has 0 atom stereocenters. The van der Waals surface area contributed by atoms with Gasteiger partial charge < -0.3 is 15.6 Å². The largest absolute Gasteiger partial charge is 0.416 e. The monoisotopic (exact) mass is 396 g/mol. The number of amides is 1. The maximum absolute atomic E-state index is 12.8. The first-order valence-corrected chi connectivity index (χ1v) is 7.95. The number of alkyl halides is 3. The highest BCUT2D eigenvalue weighted by molar-refractivity contribution is 6.33. The molecule has 0 saturated carbocycles. The first kappa shape index (κ1) is 18.7. The van der Waals surface area contributed by atoms with Crippen LogP contribution in [-0.4, -0.2) is 16.0 Å². The Morgan fingerprint density at radius 1 is 1.22 bits per heavy atom. The van der Waals surface area contributed by atoms with E-state index in [9.17, 15) is 18.0 Å². The summed E-state index contributed by atoms with van der Waals surface area (Å²) in [6.07, 6.45) is -4.46. The third kappa shape index (κ3) is 4.37. The molecule has 3 aromatic rings. The van der Waals surface area contributed by atoms with E-state index in [4.69, 9.17) is 21.9 Å². The maximum atomic E-state index is 12.8. The van der Waals surface area contributed by atoms with Crippen LogP contribution in [0, 0.1) is 0 Å². The molecule has 1 heterocycles. The number of nitrogens with one attached hydrogen (secondary N) is 1. The van der Waals surface area contributed by atoms with Crippen molar-refractivity contribution in [2.75, 3.05) is 5.32 Å². The van der Waals surface area contributed by atoms with Gasteiger partial charge in [-0.05, 0) is 30.3 Å². The molecule has 0 radical (unpaired) electrons. The molecule has 27 heavy (non-hydrogen) atoms. The molecule has 140 valence electrons. The van der Waals surface area contributed by atoms with Gasteiger partial charge in [-0.25, -0.2) is 0 Å². The standard InChI is InChI=1S/C17H12ClF3N4O2/c18-13-5-4-11(7-12(13)15(22)26)23-8-14-24-16(25-27-14)9-2-1-3-10(6-9)17(19,20)21/h1-7,23H,8H2,(H2,22,26). The molecular formula is C17H12ClF3N4O2. The van der Waals surface area contributed by atoms with Crippen molar-refractivity contribution in [1.82, 2.24) is 10.1 Å². The molecule has 0 aliphatic carbocycles. The fourth-order valence-electron chi connectivity index (χ4n) is 2.28. The smallest absolute Gasteiger partial charge is 0.376 e. The predicted molar refractivity (Wildman–Crippen MR) is 92.0 cm³/mol. The topological polar surface area (TPSA) is 94.0 Å². The lowest BCUT2D eigenvalue weighted by Crippen LogP contribution is -2.12. The Labute approximate surface area is 156 Å². The van der Waals surface area contributed by atoms with Gasteiger partial charge in [0.1, 0.15) is 0 Å². The SMILES string of the molecule is NC(=O)c1cc(NCc2nc(-c3cccc(C(F)(F)F)c3)no2)ccc1Cl. The molecule has 6 nitrogen and oxygen atoms in total. The maximum Gasteiger partial charge on any atom is 0.416 e. The Morgan fingerprint density at radius 2 is 2.00 bits per heavy atom. The van der Waals surface area contributed by atoms with Crippen LogP contribution in [-0.2, 0) is 12.7 Å². The highest BCUT2D eigenvalue weighted by Gasteiger charge is 2.30. The van der Waals surface area contributed by atoms with Gasteiger partial charge in [-0.3, -0.25) is 4.79 Å². The van der Waals surface area contributed by atoms with Gasteiger partial charge in [0.25, 0.3) is 0 Å². The van der Waals surface area contributed by atoms with E-state index in [1.165, 1.54) is 24.3 Å². The second-order valence-corrected chi connectivity index (χ2v) is 5.91. The number of carbonyl (C=O) groups excluding carboxylic acids is 1. The van der Waals surface area contributed by atoms with Crippen LogP contribution < -0.4 is 11.1 Å². The zero-order chi connectivity index (χ0) is 19.6. The number of halogens is 4. The van der Waals surface area contributed by atoms with Gasteiger partial charge >= 0.3 is 6.18 Å². The highest BCUT2D eigenvalue weighted by Crippen LogP contribution is 2.31. The molecule has 1 aromatic heterocycles. The lowest BCUT2D eigenvalue weighted by atomic mass is 10.1. The molecule has 0 bridgehead atoms. The number of anilines is 1. The normalized spacial score (nSPS) is 11.4. The van der Waals surface area contributed by atoms with E-state index < -0.39 is 17.6 Å². The predicted octanol–water partition coefficient (Wildman–Crippen LogP) is 4.12. The van der Waals surface area contributed by atoms with Gasteiger partial charge in [0, 0.05) is 11.3 Å². The summed E-state index contributed by atoms with van der Waals surface area (Å²) in [7, 11) is 0. The molecule has 1 amide bonds. The van der Waals surface area contributed by atoms with Gasteiger partial charge in [0.05, 0.1) is 22.7 Å². The molecule has 3 N–H and O–H groups in total. The summed E-state index contributed by atoms with van der Waals surface area (Å²) in [5.74, 6) is -0.488. The van der Waals surface area contributed by atoms with E-state index in [0.717, 1.165) is 12.1 Å². The number of primary amides is 1. The number of benzene rings is 2. The van der Waals surface area contributed by atoms with Crippen LogP contribution in [0.3, 0.4) is 0 Å². The van der Waals surface area contributed by atoms with E-state index in [1.54, 1.807) is 6.07 Å².